The summed E-state index contributed by atoms with van der Waals surface area (Å²) in [6.07, 6.45) is -3.02. The van der Waals surface area contributed by atoms with Gasteiger partial charge in [-0.05, 0) is 36.4 Å². The molecule has 0 saturated carbocycles. The highest BCUT2D eigenvalue weighted by Crippen LogP contribution is 2.34. The van der Waals surface area contributed by atoms with Crippen molar-refractivity contribution in [3.8, 4) is 5.69 Å². The molecular weight excluding hydrogens is 267 g/mol. The van der Waals surface area contributed by atoms with Crippen molar-refractivity contribution < 1.29 is 13.2 Å². The van der Waals surface area contributed by atoms with Gasteiger partial charge in [0.25, 0.3) is 0 Å². The van der Waals surface area contributed by atoms with Gasteiger partial charge in [-0.15, -0.1) is 0 Å². The van der Waals surface area contributed by atoms with Crippen LogP contribution in [0.5, 0.6) is 0 Å². The molecule has 6 heteroatoms. The van der Waals surface area contributed by atoms with E-state index in [2.05, 4.69) is 5.10 Å². The smallest absolute Gasteiger partial charge is 0.399 e. The zero-order valence-corrected chi connectivity index (χ0v) is 10.2. The molecule has 0 aliphatic rings. The summed E-state index contributed by atoms with van der Waals surface area (Å²) in [5.41, 5.74) is 6.44. The monoisotopic (exact) mass is 277 g/mol. The molecule has 20 heavy (non-hydrogen) atoms. The Hall–Kier alpha value is -2.50. The molecule has 0 fully saturated rings. The molecule has 102 valence electrons. The van der Waals surface area contributed by atoms with E-state index in [9.17, 15) is 13.2 Å². The lowest BCUT2D eigenvalue weighted by Gasteiger charge is -2.06. The van der Waals surface area contributed by atoms with E-state index < -0.39 is 11.7 Å². The summed E-state index contributed by atoms with van der Waals surface area (Å²) in [7, 11) is 0. The molecule has 3 aromatic rings. The second-order valence-electron chi connectivity index (χ2n) is 4.40. The molecule has 0 radical (unpaired) electrons. The van der Waals surface area contributed by atoms with Gasteiger partial charge in [0.2, 0.25) is 0 Å². The first kappa shape index (κ1) is 12.5. The molecule has 0 bridgehead atoms. The van der Waals surface area contributed by atoms with Crippen molar-refractivity contribution in [1.29, 1.82) is 0 Å². The van der Waals surface area contributed by atoms with Crippen LogP contribution in [0.1, 0.15) is 5.56 Å². The summed E-state index contributed by atoms with van der Waals surface area (Å²) in [5, 5.41) is 4.24. The Morgan fingerprint density at radius 2 is 1.70 bits per heavy atom. The van der Waals surface area contributed by atoms with Crippen LogP contribution >= 0.6 is 0 Å². The summed E-state index contributed by atoms with van der Waals surface area (Å²) in [6.45, 7) is 0. The number of benzene rings is 2. The van der Waals surface area contributed by atoms with Crippen molar-refractivity contribution in [3.05, 3.63) is 54.2 Å². The second kappa shape index (κ2) is 4.26. The molecule has 0 aliphatic carbocycles. The van der Waals surface area contributed by atoms with Gasteiger partial charge in [-0.1, -0.05) is 6.07 Å². The van der Waals surface area contributed by atoms with Crippen LogP contribution in [0.3, 0.4) is 0 Å². The first-order chi connectivity index (χ1) is 9.45. The topological polar surface area (TPSA) is 43.8 Å². The van der Waals surface area contributed by atoms with E-state index in [1.807, 2.05) is 0 Å². The Balaban J connectivity index is 2.18. The number of hydrogen-bond donors (Lipinski definition) is 1. The highest BCUT2D eigenvalue weighted by Gasteiger charge is 2.33. The molecule has 2 aromatic carbocycles. The highest BCUT2D eigenvalue weighted by molar-refractivity contribution is 5.82. The molecule has 0 spiro atoms. The van der Waals surface area contributed by atoms with Crippen LogP contribution in [0.25, 0.3) is 16.6 Å². The predicted octanol–water partition coefficient (Wildman–Crippen LogP) is 3.63. The van der Waals surface area contributed by atoms with Gasteiger partial charge in [-0.2, -0.15) is 18.3 Å². The van der Waals surface area contributed by atoms with Crippen molar-refractivity contribution in [2.45, 2.75) is 6.18 Å². The van der Waals surface area contributed by atoms with Gasteiger partial charge in [0.15, 0.2) is 0 Å². The Morgan fingerprint density at radius 3 is 2.35 bits per heavy atom. The zero-order chi connectivity index (χ0) is 14.3. The summed E-state index contributed by atoms with van der Waals surface area (Å²) >= 11 is 0. The third kappa shape index (κ3) is 2.09. The van der Waals surface area contributed by atoms with Gasteiger partial charge in [-0.25, -0.2) is 4.68 Å². The van der Waals surface area contributed by atoms with E-state index in [1.54, 1.807) is 30.3 Å². The number of nitrogens with two attached hydrogens (primary N) is 1. The largest absolute Gasteiger partial charge is 0.417 e. The van der Waals surface area contributed by atoms with E-state index >= 15 is 0 Å². The minimum absolute atomic E-state index is 0.0804. The Kier molecular flexibility index (Phi) is 2.67. The van der Waals surface area contributed by atoms with Crippen LogP contribution in [0, 0.1) is 0 Å². The van der Waals surface area contributed by atoms with Gasteiger partial charge in [0, 0.05) is 17.3 Å². The van der Waals surface area contributed by atoms with Crippen LogP contribution in [0.2, 0.25) is 0 Å². The second-order valence-corrected chi connectivity index (χ2v) is 4.40. The maximum absolute atomic E-state index is 12.9. The normalized spacial score (nSPS) is 11.9. The minimum Gasteiger partial charge on any atom is -0.399 e. The van der Waals surface area contributed by atoms with Gasteiger partial charge < -0.3 is 5.73 Å². The predicted molar refractivity (Wildman–Crippen MR) is 70.5 cm³/mol. The third-order valence-corrected chi connectivity index (χ3v) is 3.01. The number of anilines is 1. The number of halogens is 3. The fraction of sp³-hybridized carbons (Fsp3) is 0.0714. The molecule has 0 aliphatic heterocycles. The summed E-state index contributed by atoms with van der Waals surface area (Å²) in [6, 6.07) is 10.7. The number of fused-ring (bicyclic) bond motifs is 1. The van der Waals surface area contributed by atoms with Gasteiger partial charge in [-0.3, -0.25) is 0 Å². The molecule has 0 amide bonds. The minimum atomic E-state index is -4.39. The molecule has 3 rings (SSSR count). The summed E-state index contributed by atoms with van der Waals surface area (Å²) < 4.78 is 40.2. The van der Waals surface area contributed by atoms with Crippen molar-refractivity contribution in [2.75, 3.05) is 5.73 Å². The highest BCUT2D eigenvalue weighted by atomic mass is 19.4. The number of alkyl halides is 3. The summed E-state index contributed by atoms with van der Waals surface area (Å²) in [4.78, 5) is 0. The van der Waals surface area contributed by atoms with Crippen molar-refractivity contribution in [3.63, 3.8) is 0 Å². The lowest BCUT2D eigenvalue weighted by Crippen LogP contribution is -2.04. The SMILES string of the molecule is Nc1ccc(-n2cc3c(C(F)(F)F)cccc3n2)cc1. The Bertz CT molecular complexity index is 757. The molecule has 0 saturated heterocycles. The zero-order valence-electron chi connectivity index (χ0n) is 10.2. The average Bonchev–Trinajstić information content (AvgIpc) is 2.81. The van der Waals surface area contributed by atoms with Crippen molar-refractivity contribution in [2.24, 2.45) is 0 Å². The third-order valence-electron chi connectivity index (χ3n) is 3.01. The van der Waals surface area contributed by atoms with Crippen LogP contribution in [0.4, 0.5) is 18.9 Å². The lowest BCUT2D eigenvalue weighted by atomic mass is 10.1. The summed E-state index contributed by atoms with van der Waals surface area (Å²) in [5.74, 6) is 0. The van der Waals surface area contributed by atoms with Gasteiger partial charge in [0.1, 0.15) is 0 Å². The van der Waals surface area contributed by atoms with E-state index in [1.165, 1.54) is 16.9 Å². The number of nitrogen functional groups attached to an aromatic ring is 1. The first-order valence-electron chi connectivity index (χ1n) is 5.87. The fourth-order valence-corrected chi connectivity index (χ4v) is 2.05. The van der Waals surface area contributed by atoms with E-state index in [0.717, 1.165) is 6.07 Å². The molecule has 1 aromatic heterocycles. The molecular formula is C14H10F3N3. The van der Waals surface area contributed by atoms with E-state index in [-0.39, 0.29) is 5.39 Å². The lowest BCUT2D eigenvalue weighted by molar-refractivity contribution is -0.136. The molecule has 0 unspecified atom stereocenters. The van der Waals surface area contributed by atoms with Crippen LogP contribution in [-0.2, 0) is 6.18 Å². The standard InChI is InChI=1S/C14H10F3N3/c15-14(16,17)12-2-1-3-13-11(12)8-20(19-13)10-6-4-9(18)5-7-10/h1-8H,18H2. The maximum atomic E-state index is 12.9. The van der Waals surface area contributed by atoms with E-state index in [0.29, 0.717) is 16.9 Å². The Labute approximate surface area is 112 Å². The first-order valence-corrected chi connectivity index (χ1v) is 5.87. The van der Waals surface area contributed by atoms with Crippen LogP contribution in [-0.4, -0.2) is 9.78 Å². The van der Waals surface area contributed by atoms with Crippen molar-refractivity contribution >= 4 is 16.6 Å². The number of nitrogens with zero attached hydrogens (tertiary/aromatic N) is 2. The average molecular weight is 277 g/mol. The number of aromatic nitrogens is 2. The maximum Gasteiger partial charge on any atom is 0.417 e. The number of hydrogen-bond acceptors (Lipinski definition) is 2. The van der Waals surface area contributed by atoms with Crippen LogP contribution in [0.15, 0.2) is 48.7 Å². The van der Waals surface area contributed by atoms with Gasteiger partial charge >= 0.3 is 6.18 Å². The van der Waals surface area contributed by atoms with Gasteiger partial charge in [0.05, 0.1) is 16.8 Å². The Morgan fingerprint density at radius 1 is 1.00 bits per heavy atom. The molecule has 1 heterocycles. The van der Waals surface area contributed by atoms with Crippen LogP contribution < -0.4 is 5.73 Å². The molecule has 3 nitrogen and oxygen atoms in total. The quantitative estimate of drug-likeness (QED) is 0.690. The molecule has 2 N–H and O–H groups in total. The van der Waals surface area contributed by atoms with Crippen molar-refractivity contribution in [1.82, 2.24) is 9.78 Å². The number of rotatable bonds is 1. The molecule has 0 atom stereocenters. The fourth-order valence-electron chi connectivity index (χ4n) is 2.05. The van der Waals surface area contributed by atoms with E-state index in [4.69, 9.17) is 5.73 Å².